The zero-order valence-corrected chi connectivity index (χ0v) is 10.5. The van der Waals surface area contributed by atoms with Gasteiger partial charge in [-0.1, -0.05) is 19.9 Å². The van der Waals surface area contributed by atoms with E-state index < -0.39 is 0 Å². The lowest BCUT2D eigenvalue weighted by Gasteiger charge is -2.03. The molecule has 0 saturated carbocycles. The number of carbonyl (C=O) groups is 1. The summed E-state index contributed by atoms with van der Waals surface area (Å²) in [5.41, 5.74) is 1.46. The van der Waals surface area contributed by atoms with Crippen LogP contribution in [0.5, 0.6) is 0 Å². The highest BCUT2D eigenvalue weighted by Crippen LogP contribution is 2.28. The van der Waals surface area contributed by atoms with Gasteiger partial charge in [-0.2, -0.15) is 0 Å². The molecule has 0 aliphatic rings. The second kappa shape index (κ2) is 7.23. The number of ketones is 1. The van der Waals surface area contributed by atoms with E-state index in [2.05, 4.69) is 11.7 Å². The number of Topliss-reactive ketones (excluding diaryl/α,β-unsaturated/α-hetero) is 1. The normalized spacial score (nSPS) is 8.80. The second-order valence-electron chi connectivity index (χ2n) is 2.60. The minimum atomic E-state index is 0.0533. The number of rotatable bonds is 3. The van der Waals surface area contributed by atoms with Crippen LogP contribution in [0.25, 0.3) is 0 Å². The van der Waals surface area contributed by atoms with Crippen molar-refractivity contribution < 1.29 is 4.79 Å². The SMILES string of the molecule is C=Nc1cc(C(C)=O)ccc1SC.CC. The van der Waals surface area contributed by atoms with E-state index >= 15 is 0 Å². The summed E-state index contributed by atoms with van der Waals surface area (Å²) < 4.78 is 0. The first-order valence-corrected chi connectivity index (χ1v) is 6.07. The van der Waals surface area contributed by atoms with Gasteiger partial charge in [-0.05, 0) is 32.0 Å². The van der Waals surface area contributed by atoms with Gasteiger partial charge in [0.2, 0.25) is 0 Å². The van der Waals surface area contributed by atoms with E-state index in [1.165, 1.54) is 0 Å². The molecule has 0 aliphatic heterocycles. The quantitative estimate of drug-likeness (QED) is 0.441. The molecule has 1 rings (SSSR count). The van der Waals surface area contributed by atoms with Crippen molar-refractivity contribution in [2.75, 3.05) is 6.26 Å². The van der Waals surface area contributed by atoms with Gasteiger partial charge in [0.15, 0.2) is 5.78 Å². The Kier molecular flexibility index (Phi) is 6.71. The third kappa shape index (κ3) is 3.88. The molecule has 0 amide bonds. The zero-order chi connectivity index (χ0) is 11.8. The van der Waals surface area contributed by atoms with Gasteiger partial charge in [0, 0.05) is 10.5 Å². The van der Waals surface area contributed by atoms with E-state index in [0.29, 0.717) is 5.56 Å². The summed E-state index contributed by atoms with van der Waals surface area (Å²) in [4.78, 5) is 15.9. The molecule has 2 nitrogen and oxygen atoms in total. The van der Waals surface area contributed by atoms with Gasteiger partial charge in [0.25, 0.3) is 0 Å². The lowest BCUT2D eigenvalue weighted by Crippen LogP contribution is -1.90. The number of benzene rings is 1. The van der Waals surface area contributed by atoms with Crippen LogP contribution in [0, 0.1) is 0 Å². The highest BCUT2D eigenvalue weighted by atomic mass is 32.2. The van der Waals surface area contributed by atoms with Gasteiger partial charge in [-0.15, -0.1) is 11.8 Å². The molecule has 0 spiro atoms. The van der Waals surface area contributed by atoms with Crippen LogP contribution in [-0.2, 0) is 0 Å². The predicted octanol–water partition coefficient (Wildman–Crippen LogP) is 3.97. The smallest absolute Gasteiger partial charge is 0.159 e. The van der Waals surface area contributed by atoms with Crippen LogP contribution >= 0.6 is 11.8 Å². The average Bonchev–Trinajstić information content (AvgIpc) is 2.30. The van der Waals surface area contributed by atoms with Crippen LogP contribution in [0.15, 0.2) is 28.1 Å². The third-order valence-corrected chi connectivity index (χ3v) is 2.54. The Labute approximate surface area is 95.8 Å². The van der Waals surface area contributed by atoms with Gasteiger partial charge in [0.1, 0.15) is 0 Å². The number of hydrogen-bond donors (Lipinski definition) is 0. The van der Waals surface area contributed by atoms with Crippen LogP contribution in [0.4, 0.5) is 5.69 Å². The molecule has 0 heterocycles. The lowest BCUT2D eigenvalue weighted by atomic mass is 10.1. The molecule has 0 saturated heterocycles. The number of aliphatic imine (C=N–C) groups is 1. The Bertz CT molecular complexity index is 347. The monoisotopic (exact) mass is 223 g/mol. The fraction of sp³-hybridized carbons (Fsp3) is 0.333. The third-order valence-electron chi connectivity index (χ3n) is 1.76. The molecule has 3 heteroatoms. The predicted molar refractivity (Wildman–Crippen MR) is 68.8 cm³/mol. The van der Waals surface area contributed by atoms with Crippen LogP contribution < -0.4 is 0 Å². The van der Waals surface area contributed by atoms with Crippen molar-refractivity contribution in [1.29, 1.82) is 0 Å². The molecular formula is C12H17NOS. The molecule has 0 aliphatic carbocycles. The summed E-state index contributed by atoms with van der Waals surface area (Å²) in [5, 5.41) is 0. The van der Waals surface area contributed by atoms with Gasteiger partial charge in [0.05, 0.1) is 5.69 Å². The molecule has 1 aromatic carbocycles. The molecule has 0 bridgehead atoms. The first kappa shape index (κ1) is 13.9. The van der Waals surface area contributed by atoms with Crippen LogP contribution in [-0.4, -0.2) is 18.8 Å². The average molecular weight is 223 g/mol. The largest absolute Gasteiger partial charge is 0.295 e. The molecule has 0 aromatic heterocycles. The Morgan fingerprint density at radius 3 is 2.40 bits per heavy atom. The Hall–Kier alpha value is -1.09. The molecule has 0 N–H and O–H groups in total. The molecule has 0 radical (unpaired) electrons. The van der Waals surface area contributed by atoms with Crippen molar-refractivity contribution in [1.82, 2.24) is 0 Å². The van der Waals surface area contributed by atoms with Crippen LogP contribution in [0.3, 0.4) is 0 Å². The number of nitrogens with zero attached hydrogens (tertiary/aromatic N) is 1. The first-order valence-electron chi connectivity index (χ1n) is 4.84. The van der Waals surface area contributed by atoms with Crippen molar-refractivity contribution in [3.05, 3.63) is 23.8 Å². The van der Waals surface area contributed by atoms with Gasteiger partial charge >= 0.3 is 0 Å². The van der Waals surface area contributed by atoms with Crippen molar-refractivity contribution in [2.45, 2.75) is 25.7 Å². The van der Waals surface area contributed by atoms with E-state index in [9.17, 15) is 4.79 Å². The number of thioether (sulfide) groups is 1. The first-order chi connectivity index (χ1) is 7.19. The Morgan fingerprint density at radius 2 is 2.00 bits per heavy atom. The van der Waals surface area contributed by atoms with E-state index in [-0.39, 0.29) is 5.78 Å². The topological polar surface area (TPSA) is 29.4 Å². The summed E-state index contributed by atoms with van der Waals surface area (Å²) in [7, 11) is 0. The number of hydrogen-bond acceptors (Lipinski definition) is 3. The molecule has 82 valence electrons. The maximum Gasteiger partial charge on any atom is 0.159 e. The standard InChI is InChI=1S/C10H11NOS.C2H6/c1-7(12)8-4-5-10(13-3)9(6-8)11-2;1-2/h4-6H,2H2,1,3H3;1-2H3. The number of carbonyl (C=O) groups excluding carboxylic acids is 1. The van der Waals surface area contributed by atoms with Crippen molar-refractivity contribution >= 4 is 30.0 Å². The second-order valence-corrected chi connectivity index (χ2v) is 3.45. The highest BCUT2D eigenvalue weighted by Gasteiger charge is 2.03. The summed E-state index contributed by atoms with van der Waals surface area (Å²) in [6.45, 7) is 9.01. The molecule has 1 aromatic rings. The highest BCUT2D eigenvalue weighted by molar-refractivity contribution is 7.98. The van der Waals surface area contributed by atoms with E-state index in [1.54, 1.807) is 24.8 Å². The summed E-state index contributed by atoms with van der Waals surface area (Å²) in [6.07, 6.45) is 1.97. The van der Waals surface area contributed by atoms with Gasteiger partial charge < -0.3 is 0 Å². The van der Waals surface area contributed by atoms with Gasteiger partial charge in [-0.3, -0.25) is 9.79 Å². The van der Waals surface area contributed by atoms with Crippen molar-refractivity contribution in [2.24, 2.45) is 4.99 Å². The Balaban J connectivity index is 0.000000921. The summed E-state index contributed by atoms with van der Waals surface area (Å²) in [6, 6.07) is 5.47. The molecule has 15 heavy (non-hydrogen) atoms. The maximum absolute atomic E-state index is 11.0. The van der Waals surface area contributed by atoms with Crippen LogP contribution in [0.1, 0.15) is 31.1 Å². The molecule has 0 atom stereocenters. The summed E-state index contributed by atoms with van der Waals surface area (Å²) >= 11 is 1.60. The minimum absolute atomic E-state index is 0.0533. The summed E-state index contributed by atoms with van der Waals surface area (Å²) in [5.74, 6) is 0.0533. The van der Waals surface area contributed by atoms with Crippen molar-refractivity contribution in [3.63, 3.8) is 0 Å². The van der Waals surface area contributed by atoms with Gasteiger partial charge in [-0.25, -0.2) is 0 Å². The van der Waals surface area contributed by atoms with E-state index in [1.807, 2.05) is 32.2 Å². The van der Waals surface area contributed by atoms with Crippen LogP contribution in [0.2, 0.25) is 0 Å². The minimum Gasteiger partial charge on any atom is -0.295 e. The molecule has 0 unspecified atom stereocenters. The van der Waals surface area contributed by atoms with E-state index in [0.717, 1.165) is 10.6 Å². The maximum atomic E-state index is 11.0. The lowest BCUT2D eigenvalue weighted by molar-refractivity contribution is 0.101. The fourth-order valence-corrected chi connectivity index (χ4v) is 1.57. The van der Waals surface area contributed by atoms with E-state index in [4.69, 9.17) is 0 Å². The molecular weight excluding hydrogens is 206 g/mol. The molecule has 0 fully saturated rings. The fourth-order valence-electron chi connectivity index (χ4n) is 1.03. The Morgan fingerprint density at radius 1 is 1.40 bits per heavy atom. The zero-order valence-electron chi connectivity index (χ0n) is 9.70. The van der Waals surface area contributed by atoms with Crippen molar-refractivity contribution in [3.8, 4) is 0 Å².